The lowest BCUT2D eigenvalue weighted by Crippen LogP contribution is -2.54. The molecule has 0 aromatic heterocycles. The number of benzene rings is 4. The fraction of sp³-hybridized carbons (Fsp3) is 0.278. The van der Waals surface area contributed by atoms with Crippen LogP contribution < -0.4 is 9.62 Å². The molecule has 1 aliphatic carbocycles. The summed E-state index contributed by atoms with van der Waals surface area (Å²) in [4.78, 5) is 29.7. The molecule has 0 aliphatic heterocycles. The highest BCUT2D eigenvalue weighted by Crippen LogP contribution is 2.38. The number of sulfonamides is 1. The number of amides is 2. The minimum absolute atomic E-state index is 0.0805. The van der Waals surface area contributed by atoms with Crippen molar-refractivity contribution in [3.8, 4) is 0 Å². The van der Waals surface area contributed by atoms with Crippen LogP contribution in [0.4, 0.5) is 18.9 Å². The van der Waals surface area contributed by atoms with E-state index in [0.717, 1.165) is 43.4 Å². The van der Waals surface area contributed by atoms with Crippen LogP contribution in [0.1, 0.15) is 42.4 Å². The zero-order valence-electron chi connectivity index (χ0n) is 26.2. The van der Waals surface area contributed by atoms with Gasteiger partial charge in [-0.05, 0) is 66.4 Å². The molecule has 1 fully saturated rings. The fourth-order valence-corrected chi connectivity index (χ4v) is 7.62. The summed E-state index contributed by atoms with van der Waals surface area (Å²) < 4.78 is 70.7. The van der Waals surface area contributed by atoms with Crippen molar-refractivity contribution in [2.75, 3.05) is 10.8 Å². The van der Waals surface area contributed by atoms with Crippen molar-refractivity contribution >= 4 is 50.7 Å². The summed E-state index contributed by atoms with van der Waals surface area (Å²) in [6, 6.07) is 24.3. The number of hydrogen-bond acceptors (Lipinski definition) is 4. The van der Waals surface area contributed by atoms with Crippen molar-refractivity contribution in [3.05, 3.63) is 130 Å². The second kappa shape index (κ2) is 15.7. The SMILES string of the molecule is O=C(NC1CCCC1)[C@@H](Cc1ccccc1)N(Cc1ccc(Cl)cc1)C(=O)CN(c1ccc(Cl)c(C(F)(F)F)c1)S(=O)(=O)c1ccccc1. The van der Waals surface area contributed by atoms with Gasteiger partial charge in [0.25, 0.3) is 10.0 Å². The van der Waals surface area contributed by atoms with E-state index >= 15 is 0 Å². The second-order valence-corrected chi connectivity index (χ2v) is 14.5. The molecule has 0 saturated heterocycles. The predicted octanol–water partition coefficient (Wildman–Crippen LogP) is 7.91. The van der Waals surface area contributed by atoms with Gasteiger partial charge in [-0.1, -0.05) is 96.7 Å². The van der Waals surface area contributed by atoms with Crippen molar-refractivity contribution in [2.24, 2.45) is 0 Å². The van der Waals surface area contributed by atoms with Crippen LogP contribution in [0.3, 0.4) is 0 Å². The predicted molar refractivity (Wildman–Crippen MR) is 184 cm³/mol. The van der Waals surface area contributed by atoms with Crippen molar-refractivity contribution < 1.29 is 31.2 Å². The Hall–Kier alpha value is -4.06. The molecule has 258 valence electrons. The standard InChI is InChI=1S/C36H34Cl2F3N3O4S/c37-27-17-15-26(16-18-27)23-43(33(21-25-9-3-1-4-10-25)35(46)42-28-11-7-8-12-28)34(45)24-44(49(47,48)30-13-5-2-6-14-30)29-19-20-32(38)31(22-29)36(39,40)41/h1-6,9-10,13-20,22,28,33H,7-8,11-12,21,23-24H2,(H,42,46)/t33-/m1/s1. The van der Waals surface area contributed by atoms with Gasteiger partial charge in [0.2, 0.25) is 11.8 Å². The van der Waals surface area contributed by atoms with Crippen LogP contribution in [0.2, 0.25) is 10.0 Å². The van der Waals surface area contributed by atoms with Gasteiger partial charge in [0.15, 0.2) is 0 Å². The maximum atomic E-state index is 14.6. The largest absolute Gasteiger partial charge is 0.417 e. The molecule has 0 radical (unpaired) electrons. The van der Waals surface area contributed by atoms with Gasteiger partial charge in [-0.3, -0.25) is 13.9 Å². The van der Waals surface area contributed by atoms with Crippen LogP contribution in [0, 0.1) is 0 Å². The van der Waals surface area contributed by atoms with E-state index in [-0.39, 0.29) is 23.9 Å². The molecule has 0 heterocycles. The molecule has 1 atom stereocenters. The highest BCUT2D eigenvalue weighted by molar-refractivity contribution is 7.92. The van der Waals surface area contributed by atoms with Crippen molar-refractivity contribution in [3.63, 3.8) is 0 Å². The molecular formula is C36H34Cl2F3N3O4S. The first-order valence-corrected chi connectivity index (χ1v) is 17.9. The normalized spacial score (nSPS) is 14.3. The fourth-order valence-electron chi connectivity index (χ4n) is 5.84. The Morgan fingerprint density at radius 1 is 0.837 bits per heavy atom. The lowest BCUT2D eigenvalue weighted by Gasteiger charge is -2.34. The number of carbonyl (C=O) groups is 2. The van der Waals surface area contributed by atoms with Crippen LogP contribution in [0.5, 0.6) is 0 Å². The van der Waals surface area contributed by atoms with Crippen molar-refractivity contribution in [1.29, 1.82) is 0 Å². The van der Waals surface area contributed by atoms with Gasteiger partial charge in [-0.2, -0.15) is 13.2 Å². The van der Waals surface area contributed by atoms with E-state index in [1.807, 2.05) is 18.2 Å². The molecule has 49 heavy (non-hydrogen) atoms. The van der Waals surface area contributed by atoms with Crippen LogP contribution in [0.25, 0.3) is 0 Å². The Morgan fingerprint density at radius 3 is 2.06 bits per heavy atom. The van der Waals surface area contributed by atoms with Crippen LogP contribution in [-0.4, -0.2) is 43.8 Å². The summed E-state index contributed by atoms with van der Waals surface area (Å²) in [6.07, 6.45) is -1.32. The Balaban J connectivity index is 1.60. The van der Waals surface area contributed by atoms with E-state index in [0.29, 0.717) is 21.0 Å². The molecule has 7 nitrogen and oxygen atoms in total. The monoisotopic (exact) mass is 731 g/mol. The van der Waals surface area contributed by atoms with Crippen LogP contribution in [-0.2, 0) is 38.8 Å². The van der Waals surface area contributed by atoms with E-state index in [1.54, 1.807) is 42.5 Å². The summed E-state index contributed by atoms with van der Waals surface area (Å²) in [5.74, 6) is -1.22. The number of nitrogens with one attached hydrogen (secondary N) is 1. The van der Waals surface area contributed by atoms with E-state index in [2.05, 4.69) is 5.32 Å². The smallest absolute Gasteiger partial charge is 0.352 e. The summed E-state index contributed by atoms with van der Waals surface area (Å²) in [6.45, 7) is -1.02. The summed E-state index contributed by atoms with van der Waals surface area (Å²) in [7, 11) is -4.60. The molecule has 13 heteroatoms. The van der Waals surface area contributed by atoms with Gasteiger partial charge < -0.3 is 10.2 Å². The number of hydrogen-bond donors (Lipinski definition) is 1. The molecular weight excluding hydrogens is 698 g/mol. The quantitative estimate of drug-likeness (QED) is 0.161. The van der Waals surface area contributed by atoms with E-state index in [1.165, 1.54) is 29.2 Å². The Kier molecular flexibility index (Phi) is 11.6. The Morgan fingerprint density at radius 2 is 1.45 bits per heavy atom. The molecule has 0 unspecified atom stereocenters. The Bertz CT molecular complexity index is 1860. The molecule has 4 aromatic carbocycles. The molecule has 2 amide bonds. The molecule has 4 aromatic rings. The number of carbonyl (C=O) groups excluding carboxylic acids is 2. The van der Waals surface area contributed by atoms with Crippen molar-refractivity contribution in [2.45, 2.75) is 61.8 Å². The van der Waals surface area contributed by atoms with Gasteiger partial charge in [-0.25, -0.2) is 8.42 Å². The van der Waals surface area contributed by atoms with Gasteiger partial charge >= 0.3 is 6.18 Å². The Labute approximate surface area is 293 Å². The first-order valence-electron chi connectivity index (χ1n) is 15.7. The minimum atomic E-state index is -4.90. The van der Waals surface area contributed by atoms with Crippen LogP contribution >= 0.6 is 23.2 Å². The summed E-state index contributed by atoms with van der Waals surface area (Å²) in [5, 5.41) is 2.90. The van der Waals surface area contributed by atoms with Crippen molar-refractivity contribution in [1.82, 2.24) is 10.2 Å². The average Bonchev–Trinajstić information content (AvgIpc) is 3.59. The van der Waals surface area contributed by atoms with Gasteiger partial charge in [-0.15, -0.1) is 0 Å². The average molecular weight is 733 g/mol. The number of halogens is 5. The number of anilines is 1. The molecule has 0 spiro atoms. The van der Waals surface area contributed by atoms with E-state index < -0.39 is 56.9 Å². The highest BCUT2D eigenvalue weighted by Gasteiger charge is 2.38. The summed E-state index contributed by atoms with van der Waals surface area (Å²) in [5.41, 5.74) is -0.323. The highest BCUT2D eigenvalue weighted by atomic mass is 35.5. The van der Waals surface area contributed by atoms with Gasteiger partial charge in [0.05, 0.1) is 21.2 Å². The van der Waals surface area contributed by atoms with Gasteiger partial charge in [0, 0.05) is 24.0 Å². The minimum Gasteiger partial charge on any atom is -0.352 e. The first-order chi connectivity index (χ1) is 23.3. The van der Waals surface area contributed by atoms with Crippen LogP contribution in [0.15, 0.2) is 108 Å². The van der Waals surface area contributed by atoms with E-state index in [9.17, 15) is 31.2 Å². The molecule has 1 N–H and O–H groups in total. The lowest BCUT2D eigenvalue weighted by atomic mass is 10.0. The number of alkyl halides is 3. The van der Waals surface area contributed by atoms with E-state index in [4.69, 9.17) is 23.2 Å². The second-order valence-electron chi connectivity index (χ2n) is 11.8. The maximum absolute atomic E-state index is 14.6. The molecule has 0 bridgehead atoms. The third-order valence-electron chi connectivity index (χ3n) is 8.39. The molecule has 1 saturated carbocycles. The zero-order chi connectivity index (χ0) is 35.2. The number of rotatable bonds is 12. The zero-order valence-corrected chi connectivity index (χ0v) is 28.6. The molecule has 1 aliphatic rings. The number of nitrogens with zero attached hydrogens (tertiary/aromatic N) is 2. The molecule has 5 rings (SSSR count). The third kappa shape index (κ3) is 9.14. The topological polar surface area (TPSA) is 86.8 Å². The summed E-state index contributed by atoms with van der Waals surface area (Å²) >= 11 is 12.0. The maximum Gasteiger partial charge on any atom is 0.417 e. The van der Waals surface area contributed by atoms with Gasteiger partial charge in [0.1, 0.15) is 12.6 Å². The lowest BCUT2D eigenvalue weighted by molar-refractivity contribution is -0.140. The third-order valence-corrected chi connectivity index (χ3v) is 10.8. The first kappa shape index (κ1) is 36.2.